The summed E-state index contributed by atoms with van der Waals surface area (Å²) in [6.45, 7) is 7.70. The van der Waals surface area contributed by atoms with Crippen molar-refractivity contribution in [3.8, 4) is 0 Å². The van der Waals surface area contributed by atoms with E-state index in [9.17, 15) is 9.90 Å². The third-order valence-corrected chi connectivity index (χ3v) is 1.78. The number of methoxy groups -OCH3 is 1. The average molecular weight is 233 g/mol. The van der Waals surface area contributed by atoms with Gasteiger partial charge in [0, 0.05) is 13.7 Å². The maximum absolute atomic E-state index is 11.5. The van der Waals surface area contributed by atoms with Crippen molar-refractivity contribution in [2.45, 2.75) is 45.4 Å². The van der Waals surface area contributed by atoms with E-state index in [0.29, 0.717) is 6.54 Å². The molecule has 16 heavy (non-hydrogen) atoms. The third-order valence-electron chi connectivity index (χ3n) is 1.78. The molecule has 0 aliphatic rings. The second-order valence-corrected chi connectivity index (χ2v) is 4.77. The molecule has 2 N–H and O–H groups in total. The van der Waals surface area contributed by atoms with E-state index in [2.05, 4.69) is 5.32 Å². The Labute approximate surface area is 97.1 Å². The SMILES string of the molecule is COCC(O)CNC(C)C(=O)OC(C)(C)C. The largest absolute Gasteiger partial charge is 0.459 e. The summed E-state index contributed by atoms with van der Waals surface area (Å²) in [6.07, 6.45) is -0.616. The Kier molecular flexibility index (Phi) is 6.55. The molecule has 2 atom stereocenters. The fraction of sp³-hybridized carbons (Fsp3) is 0.909. The fourth-order valence-electron chi connectivity index (χ4n) is 1.04. The Morgan fingerprint density at radius 1 is 1.44 bits per heavy atom. The van der Waals surface area contributed by atoms with Gasteiger partial charge in [-0.15, -0.1) is 0 Å². The predicted molar refractivity (Wildman–Crippen MR) is 61.2 cm³/mol. The van der Waals surface area contributed by atoms with Crippen LogP contribution in [0.1, 0.15) is 27.7 Å². The number of carbonyl (C=O) groups is 1. The predicted octanol–water partition coefficient (Wildman–Crippen LogP) is 0.313. The highest BCUT2D eigenvalue weighted by molar-refractivity contribution is 5.75. The van der Waals surface area contributed by atoms with E-state index in [1.54, 1.807) is 6.92 Å². The van der Waals surface area contributed by atoms with Gasteiger partial charge in [0.1, 0.15) is 11.6 Å². The first kappa shape index (κ1) is 15.3. The molecular weight excluding hydrogens is 210 g/mol. The molecule has 0 aromatic carbocycles. The second kappa shape index (κ2) is 6.83. The summed E-state index contributed by atoms with van der Waals surface area (Å²) < 4.78 is 9.95. The number of nitrogens with one attached hydrogen (secondary N) is 1. The zero-order chi connectivity index (χ0) is 12.8. The zero-order valence-corrected chi connectivity index (χ0v) is 10.7. The number of rotatable bonds is 6. The molecule has 0 saturated heterocycles. The minimum Gasteiger partial charge on any atom is -0.459 e. The summed E-state index contributed by atoms with van der Waals surface area (Å²) in [5.41, 5.74) is -0.488. The monoisotopic (exact) mass is 233 g/mol. The lowest BCUT2D eigenvalue weighted by molar-refractivity contribution is -0.157. The molecule has 5 heteroatoms. The number of hydrogen-bond donors (Lipinski definition) is 2. The van der Waals surface area contributed by atoms with Crippen LogP contribution in [0, 0.1) is 0 Å². The molecular formula is C11H23NO4. The molecule has 2 unspecified atom stereocenters. The number of aliphatic hydroxyl groups is 1. The van der Waals surface area contributed by atoms with Crippen molar-refractivity contribution in [1.29, 1.82) is 0 Å². The quantitative estimate of drug-likeness (QED) is 0.646. The minimum atomic E-state index is -0.616. The summed E-state index contributed by atoms with van der Waals surface area (Å²) in [5.74, 6) is -0.322. The zero-order valence-electron chi connectivity index (χ0n) is 10.7. The number of esters is 1. The van der Waals surface area contributed by atoms with E-state index in [1.165, 1.54) is 7.11 Å². The summed E-state index contributed by atoms with van der Waals surface area (Å²) in [6, 6.07) is -0.439. The molecule has 0 saturated carbocycles. The molecule has 0 aliphatic heterocycles. The fourth-order valence-corrected chi connectivity index (χ4v) is 1.04. The van der Waals surface area contributed by atoms with E-state index in [0.717, 1.165) is 0 Å². The maximum atomic E-state index is 11.5. The number of carbonyl (C=O) groups excluding carboxylic acids is 1. The van der Waals surface area contributed by atoms with Crippen LogP contribution < -0.4 is 5.32 Å². The highest BCUT2D eigenvalue weighted by Crippen LogP contribution is 2.08. The highest BCUT2D eigenvalue weighted by atomic mass is 16.6. The molecule has 0 rings (SSSR count). The lowest BCUT2D eigenvalue weighted by atomic mass is 10.2. The van der Waals surface area contributed by atoms with Crippen molar-refractivity contribution < 1.29 is 19.4 Å². The second-order valence-electron chi connectivity index (χ2n) is 4.77. The van der Waals surface area contributed by atoms with Gasteiger partial charge in [-0.1, -0.05) is 0 Å². The Morgan fingerprint density at radius 3 is 2.44 bits per heavy atom. The van der Waals surface area contributed by atoms with E-state index >= 15 is 0 Å². The van der Waals surface area contributed by atoms with Crippen LogP contribution in [-0.4, -0.2) is 49.1 Å². The van der Waals surface area contributed by atoms with Gasteiger partial charge in [0.15, 0.2) is 0 Å². The van der Waals surface area contributed by atoms with Gasteiger partial charge < -0.3 is 19.9 Å². The van der Waals surface area contributed by atoms with E-state index in [1.807, 2.05) is 20.8 Å². The van der Waals surface area contributed by atoms with Gasteiger partial charge in [-0.2, -0.15) is 0 Å². The number of hydrogen-bond acceptors (Lipinski definition) is 5. The summed E-state index contributed by atoms with van der Waals surface area (Å²) in [4.78, 5) is 11.5. The van der Waals surface area contributed by atoms with Crippen molar-refractivity contribution >= 4 is 5.97 Å². The highest BCUT2D eigenvalue weighted by Gasteiger charge is 2.21. The van der Waals surface area contributed by atoms with Crippen LogP contribution in [0.4, 0.5) is 0 Å². The van der Waals surface area contributed by atoms with Gasteiger partial charge in [0.25, 0.3) is 0 Å². The molecule has 0 aliphatic carbocycles. The van der Waals surface area contributed by atoms with Crippen LogP contribution in [0.25, 0.3) is 0 Å². The Bertz CT molecular complexity index is 213. The van der Waals surface area contributed by atoms with Gasteiger partial charge >= 0.3 is 5.97 Å². The van der Waals surface area contributed by atoms with Gasteiger partial charge in [0.05, 0.1) is 12.7 Å². The summed E-state index contributed by atoms with van der Waals surface area (Å²) in [5, 5.41) is 12.3. The van der Waals surface area contributed by atoms with Crippen molar-refractivity contribution in [2.24, 2.45) is 0 Å². The molecule has 0 heterocycles. The average Bonchev–Trinajstić information content (AvgIpc) is 2.11. The standard InChI is InChI=1S/C11H23NO4/c1-8(10(14)16-11(2,3)4)12-6-9(13)7-15-5/h8-9,12-13H,6-7H2,1-5H3. The number of ether oxygens (including phenoxy) is 2. The molecule has 0 spiro atoms. The van der Waals surface area contributed by atoms with Crippen LogP contribution in [0.5, 0.6) is 0 Å². The van der Waals surface area contributed by atoms with E-state index in [4.69, 9.17) is 9.47 Å². The first-order valence-electron chi connectivity index (χ1n) is 5.39. The Morgan fingerprint density at radius 2 is 2.00 bits per heavy atom. The third kappa shape index (κ3) is 7.62. The van der Waals surface area contributed by atoms with Crippen molar-refractivity contribution in [1.82, 2.24) is 5.32 Å². The van der Waals surface area contributed by atoms with E-state index < -0.39 is 17.7 Å². The lowest BCUT2D eigenvalue weighted by Gasteiger charge is -2.23. The normalized spacial score (nSPS) is 15.6. The molecule has 0 aromatic heterocycles. The number of aliphatic hydroxyl groups excluding tert-OH is 1. The van der Waals surface area contributed by atoms with Gasteiger partial charge in [-0.25, -0.2) is 0 Å². The molecule has 5 nitrogen and oxygen atoms in total. The van der Waals surface area contributed by atoms with Crippen molar-refractivity contribution in [3.05, 3.63) is 0 Å². The Balaban J connectivity index is 3.88. The maximum Gasteiger partial charge on any atom is 0.323 e. The topological polar surface area (TPSA) is 67.8 Å². The van der Waals surface area contributed by atoms with Gasteiger partial charge in [-0.3, -0.25) is 4.79 Å². The molecule has 0 amide bonds. The van der Waals surface area contributed by atoms with Crippen LogP contribution in [0.15, 0.2) is 0 Å². The minimum absolute atomic E-state index is 0.244. The molecule has 96 valence electrons. The van der Waals surface area contributed by atoms with E-state index in [-0.39, 0.29) is 12.6 Å². The van der Waals surface area contributed by atoms with Crippen LogP contribution in [-0.2, 0) is 14.3 Å². The van der Waals surface area contributed by atoms with Crippen LogP contribution in [0.3, 0.4) is 0 Å². The van der Waals surface area contributed by atoms with Gasteiger partial charge in [0.2, 0.25) is 0 Å². The molecule has 0 radical (unpaired) electrons. The summed E-state index contributed by atoms with van der Waals surface area (Å²) >= 11 is 0. The molecule has 0 bridgehead atoms. The van der Waals surface area contributed by atoms with Gasteiger partial charge in [-0.05, 0) is 27.7 Å². The lowest BCUT2D eigenvalue weighted by Crippen LogP contribution is -2.43. The summed E-state index contributed by atoms with van der Waals surface area (Å²) in [7, 11) is 1.51. The smallest absolute Gasteiger partial charge is 0.323 e. The van der Waals surface area contributed by atoms with Crippen molar-refractivity contribution in [3.63, 3.8) is 0 Å². The Hall–Kier alpha value is -0.650. The first-order chi connectivity index (χ1) is 7.26. The molecule has 0 aromatic rings. The molecule has 0 fully saturated rings. The van der Waals surface area contributed by atoms with Crippen LogP contribution >= 0.6 is 0 Å². The van der Waals surface area contributed by atoms with Crippen LogP contribution in [0.2, 0.25) is 0 Å². The van der Waals surface area contributed by atoms with Crippen molar-refractivity contribution in [2.75, 3.05) is 20.3 Å². The first-order valence-corrected chi connectivity index (χ1v) is 5.39.